The molecule has 3 aliphatic carbocycles. The second kappa shape index (κ2) is 8.18. The fraction of sp³-hybridized carbons (Fsp3) is 0.480. The zero-order valence-electron chi connectivity index (χ0n) is 18.1. The smallest absolute Gasteiger partial charge is 0.411 e. The van der Waals surface area contributed by atoms with E-state index in [2.05, 4.69) is 22.9 Å². The number of Topliss-reactive ketones (excluding diaryl/α,β-unsaturated/α-hetero) is 1. The molecule has 1 heterocycles. The van der Waals surface area contributed by atoms with E-state index < -0.39 is 11.7 Å². The Morgan fingerprint density at radius 1 is 1.22 bits per heavy atom. The average Bonchev–Trinajstić information content (AvgIpc) is 3.51. The molecule has 2 amide bonds. The number of carbonyl (C=O) groups excluding carboxylic acids is 3. The summed E-state index contributed by atoms with van der Waals surface area (Å²) in [6.07, 6.45) is 6.70. The highest BCUT2D eigenvalue weighted by atomic mass is 79.9. The van der Waals surface area contributed by atoms with Crippen molar-refractivity contribution in [3.63, 3.8) is 0 Å². The summed E-state index contributed by atoms with van der Waals surface area (Å²) in [5, 5.41) is 0. The van der Waals surface area contributed by atoms with Gasteiger partial charge in [-0.25, -0.2) is 4.79 Å². The number of hydrogen-bond donors (Lipinski definition) is 0. The van der Waals surface area contributed by atoms with Crippen LogP contribution in [-0.4, -0.2) is 52.3 Å². The monoisotopic (exact) mass is 498 g/mol. The van der Waals surface area contributed by atoms with Crippen LogP contribution >= 0.6 is 15.9 Å². The Morgan fingerprint density at radius 2 is 1.97 bits per heavy atom. The van der Waals surface area contributed by atoms with Crippen molar-refractivity contribution in [3.8, 4) is 0 Å². The first-order valence-corrected chi connectivity index (χ1v) is 12.1. The van der Waals surface area contributed by atoms with Crippen LogP contribution in [0.25, 0.3) is 0 Å². The van der Waals surface area contributed by atoms with Crippen LogP contribution in [-0.2, 0) is 20.9 Å². The van der Waals surface area contributed by atoms with E-state index in [4.69, 9.17) is 4.74 Å². The normalized spacial score (nSPS) is 27.7. The number of carbonyl (C=O) groups is 3. The van der Waals surface area contributed by atoms with Crippen LogP contribution in [0.4, 0.5) is 4.79 Å². The van der Waals surface area contributed by atoms with Crippen LogP contribution in [0.5, 0.6) is 0 Å². The molecule has 5 rings (SSSR count). The van der Waals surface area contributed by atoms with Gasteiger partial charge in [0.1, 0.15) is 6.54 Å². The standard InChI is InChI=1S/C25H27BrN2O4/c1-16(18-7-8-18)28(13-17-5-3-2-4-6-17)22(29)14-27-15-25(32-24(27)31)12-11-19-20(25)9-10-21(26)23(19)30/h2-6,9-10,16,18-19H,7-8,11-15H2,1H3/t16-,19?,25-/m0/s1. The molecule has 168 valence electrons. The minimum atomic E-state index is -0.797. The zero-order valence-corrected chi connectivity index (χ0v) is 19.7. The summed E-state index contributed by atoms with van der Waals surface area (Å²) in [6.45, 7) is 2.95. The van der Waals surface area contributed by atoms with Gasteiger partial charge in [-0.3, -0.25) is 14.5 Å². The van der Waals surface area contributed by atoms with Crippen molar-refractivity contribution in [2.75, 3.05) is 13.1 Å². The van der Waals surface area contributed by atoms with Gasteiger partial charge in [0.25, 0.3) is 0 Å². The number of ketones is 1. The van der Waals surface area contributed by atoms with E-state index in [-0.39, 0.29) is 30.2 Å². The van der Waals surface area contributed by atoms with Crippen LogP contribution in [0.1, 0.15) is 38.2 Å². The van der Waals surface area contributed by atoms with Gasteiger partial charge in [0.05, 0.1) is 11.0 Å². The first kappa shape index (κ1) is 21.4. The van der Waals surface area contributed by atoms with E-state index in [0.29, 0.717) is 36.3 Å². The second-order valence-corrected chi connectivity index (χ2v) is 10.3. The molecule has 6 nitrogen and oxygen atoms in total. The highest BCUT2D eigenvalue weighted by Gasteiger charge is 2.56. The molecule has 3 atom stereocenters. The van der Waals surface area contributed by atoms with Gasteiger partial charge in [-0.2, -0.15) is 0 Å². The number of nitrogens with zero attached hydrogens (tertiary/aromatic N) is 2. The summed E-state index contributed by atoms with van der Waals surface area (Å²) in [5.74, 6) is 0.256. The molecular formula is C25H27BrN2O4. The minimum Gasteiger partial charge on any atom is -0.436 e. The maximum atomic E-state index is 13.4. The average molecular weight is 499 g/mol. The van der Waals surface area contributed by atoms with Crippen molar-refractivity contribution in [1.82, 2.24) is 9.80 Å². The van der Waals surface area contributed by atoms with Crippen molar-refractivity contribution in [1.29, 1.82) is 0 Å². The molecule has 1 aromatic carbocycles. The zero-order chi connectivity index (χ0) is 22.5. The van der Waals surface area contributed by atoms with Crippen LogP contribution in [0.3, 0.4) is 0 Å². The molecule has 0 aromatic heterocycles. The quantitative estimate of drug-likeness (QED) is 0.589. The van der Waals surface area contributed by atoms with Gasteiger partial charge in [0.15, 0.2) is 11.4 Å². The molecule has 0 N–H and O–H groups in total. The Morgan fingerprint density at radius 3 is 2.69 bits per heavy atom. The molecule has 4 aliphatic rings. The Bertz CT molecular complexity index is 1020. The third-order valence-electron chi connectivity index (χ3n) is 7.32. The van der Waals surface area contributed by atoms with Crippen molar-refractivity contribution in [2.24, 2.45) is 11.8 Å². The summed E-state index contributed by atoms with van der Waals surface area (Å²) in [4.78, 5) is 42.1. The summed E-state index contributed by atoms with van der Waals surface area (Å²) in [6, 6.07) is 10.1. The molecule has 2 saturated carbocycles. The fourth-order valence-corrected chi connectivity index (χ4v) is 5.72. The van der Waals surface area contributed by atoms with Crippen molar-refractivity contribution in [2.45, 2.75) is 50.8 Å². The lowest BCUT2D eigenvalue weighted by molar-refractivity contribution is -0.135. The molecule has 1 aliphatic heterocycles. The Balaban J connectivity index is 1.32. The minimum absolute atomic E-state index is 0.00406. The fourth-order valence-electron chi connectivity index (χ4n) is 5.31. The number of halogens is 1. The molecule has 3 fully saturated rings. The summed E-state index contributed by atoms with van der Waals surface area (Å²) in [5.41, 5.74) is 1.14. The lowest BCUT2D eigenvalue weighted by Gasteiger charge is -2.31. The highest BCUT2D eigenvalue weighted by molar-refractivity contribution is 9.12. The third kappa shape index (κ3) is 3.81. The van der Waals surface area contributed by atoms with Gasteiger partial charge in [-0.15, -0.1) is 0 Å². The Kier molecular flexibility index (Phi) is 5.48. The number of hydrogen-bond acceptors (Lipinski definition) is 4. The summed E-state index contributed by atoms with van der Waals surface area (Å²) < 4.78 is 6.41. The predicted octanol–water partition coefficient (Wildman–Crippen LogP) is 4.20. The number of fused-ring (bicyclic) bond motifs is 2. The number of rotatable bonds is 6. The van der Waals surface area contributed by atoms with E-state index in [9.17, 15) is 14.4 Å². The van der Waals surface area contributed by atoms with Gasteiger partial charge < -0.3 is 9.64 Å². The van der Waals surface area contributed by atoms with E-state index in [1.54, 1.807) is 6.08 Å². The third-order valence-corrected chi connectivity index (χ3v) is 7.98. The van der Waals surface area contributed by atoms with E-state index >= 15 is 0 Å². The number of amides is 2. The molecular weight excluding hydrogens is 472 g/mol. The molecule has 0 bridgehead atoms. The van der Waals surface area contributed by atoms with Gasteiger partial charge >= 0.3 is 6.09 Å². The topological polar surface area (TPSA) is 66.9 Å². The van der Waals surface area contributed by atoms with Gasteiger partial charge in [-0.1, -0.05) is 36.4 Å². The lowest BCUT2D eigenvalue weighted by atomic mass is 9.87. The molecule has 1 spiro atoms. The largest absolute Gasteiger partial charge is 0.436 e. The van der Waals surface area contributed by atoms with Crippen molar-refractivity contribution < 1.29 is 19.1 Å². The first-order chi connectivity index (χ1) is 15.4. The SMILES string of the molecule is C[C@@H](C1CC1)N(Cc1ccccc1)C(=O)CN1C[C@]2(CCC3C(=O)C(Br)=CC=C32)OC1=O. The van der Waals surface area contributed by atoms with Gasteiger partial charge in [0.2, 0.25) is 5.91 Å². The van der Waals surface area contributed by atoms with Crippen LogP contribution in [0.2, 0.25) is 0 Å². The summed E-state index contributed by atoms with van der Waals surface area (Å²) in [7, 11) is 0. The van der Waals surface area contributed by atoms with E-state index in [1.165, 1.54) is 4.90 Å². The van der Waals surface area contributed by atoms with Crippen LogP contribution in [0, 0.1) is 11.8 Å². The molecule has 1 aromatic rings. The molecule has 1 saturated heterocycles. The molecule has 1 unspecified atom stereocenters. The second-order valence-electron chi connectivity index (χ2n) is 9.40. The van der Waals surface area contributed by atoms with Crippen molar-refractivity contribution in [3.05, 3.63) is 58.1 Å². The van der Waals surface area contributed by atoms with Crippen LogP contribution in [0.15, 0.2) is 52.5 Å². The lowest BCUT2D eigenvalue weighted by Crippen LogP contribution is -2.46. The van der Waals surface area contributed by atoms with E-state index in [1.807, 2.05) is 41.3 Å². The molecule has 7 heteroatoms. The number of ether oxygens (including phenoxy) is 1. The maximum absolute atomic E-state index is 13.4. The molecule has 0 radical (unpaired) electrons. The highest BCUT2D eigenvalue weighted by Crippen LogP contribution is 2.49. The number of benzene rings is 1. The maximum Gasteiger partial charge on any atom is 0.411 e. The Labute approximate surface area is 196 Å². The van der Waals surface area contributed by atoms with Crippen LogP contribution < -0.4 is 0 Å². The van der Waals surface area contributed by atoms with Crippen molar-refractivity contribution >= 4 is 33.7 Å². The predicted molar refractivity (Wildman–Crippen MR) is 123 cm³/mol. The van der Waals surface area contributed by atoms with Gasteiger partial charge in [0, 0.05) is 18.5 Å². The van der Waals surface area contributed by atoms with Gasteiger partial charge in [-0.05, 0) is 71.7 Å². The first-order valence-electron chi connectivity index (χ1n) is 11.3. The summed E-state index contributed by atoms with van der Waals surface area (Å²) >= 11 is 3.32. The Hall–Kier alpha value is -2.41. The van der Waals surface area contributed by atoms with E-state index in [0.717, 1.165) is 24.0 Å². The molecule has 32 heavy (non-hydrogen) atoms. The number of allylic oxidation sites excluding steroid dienone is 3.